The van der Waals surface area contributed by atoms with Crippen LogP contribution in [0.2, 0.25) is 0 Å². The van der Waals surface area contributed by atoms with Gasteiger partial charge in [-0.05, 0) is 51.9 Å². The zero-order chi connectivity index (χ0) is 15.6. The highest BCUT2D eigenvalue weighted by Gasteiger charge is 2.28. The molecule has 0 aromatic heterocycles. The van der Waals surface area contributed by atoms with Crippen molar-refractivity contribution in [1.82, 2.24) is 9.80 Å². The first-order valence-electron chi connectivity index (χ1n) is 7.28. The smallest absolute Gasteiger partial charge is 0.408 e. The van der Waals surface area contributed by atoms with Gasteiger partial charge >= 0.3 is 6.09 Å². The molecule has 0 bridgehead atoms. The molecule has 116 valence electrons. The quantitative estimate of drug-likeness (QED) is 0.926. The summed E-state index contributed by atoms with van der Waals surface area (Å²) in [7, 11) is 0. The Bertz CT molecular complexity index is 521. The summed E-state index contributed by atoms with van der Waals surface area (Å²) in [6.07, 6.45) is 0.147. The number of rotatable bonds is 4. The van der Waals surface area contributed by atoms with Crippen LogP contribution in [0.3, 0.4) is 0 Å². The van der Waals surface area contributed by atoms with Gasteiger partial charge in [-0.25, -0.2) is 9.18 Å². The Morgan fingerprint density at radius 1 is 1.38 bits per heavy atom. The Kier molecular flexibility index (Phi) is 4.52. The number of benzene rings is 1. The van der Waals surface area contributed by atoms with Gasteiger partial charge < -0.3 is 5.11 Å². The molecule has 1 aromatic carbocycles. The number of likely N-dealkylation sites (tertiary alicyclic amines) is 1. The molecule has 1 aromatic rings. The van der Waals surface area contributed by atoms with E-state index in [0.717, 1.165) is 18.7 Å². The maximum atomic E-state index is 14.2. The van der Waals surface area contributed by atoms with Crippen LogP contribution in [0.1, 0.15) is 38.3 Å². The number of hydrogen-bond donors (Lipinski definition) is 1. The maximum absolute atomic E-state index is 14.2. The fourth-order valence-electron chi connectivity index (χ4n) is 2.46. The first-order valence-corrected chi connectivity index (χ1v) is 7.28. The summed E-state index contributed by atoms with van der Waals surface area (Å²) >= 11 is 0. The van der Waals surface area contributed by atoms with Crippen LogP contribution < -0.4 is 0 Å². The van der Waals surface area contributed by atoms with Crippen molar-refractivity contribution in [3.63, 3.8) is 0 Å². The molecule has 1 fully saturated rings. The van der Waals surface area contributed by atoms with Gasteiger partial charge in [-0.2, -0.15) is 0 Å². The first kappa shape index (κ1) is 15.8. The lowest BCUT2D eigenvalue weighted by molar-refractivity contribution is 0.0941. The number of carbonyl (C=O) groups is 1. The maximum Gasteiger partial charge on any atom is 0.408 e. The molecule has 1 aliphatic rings. The molecular formula is C16H23FN2O2. The van der Waals surface area contributed by atoms with Crippen LogP contribution in [0, 0.1) is 5.82 Å². The number of carboxylic acid groups (broad SMARTS) is 1. The van der Waals surface area contributed by atoms with Crippen molar-refractivity contribution < 1.29 is 14.3 Å². The largest absolute Gasteiger partial charge is 0.465 e. The third kappa shape index (κ3) is 3.73. The average Bonchev–Trinajstić information content (AvgIpc) is 2.30. The van der Waals surface area contributed by atoms with Crippen molar-refractivity contribution in [3.8, 4) is 0 Å². The van der Waals surface area contributed by atoms with E-state index in [2.05, 4.69) is 4.90 Å². The Labute approximate surface area is 125 Å². The molecular weight excluding hydrogens is 271 g/mol. The molecule has 1 heterocycles. The summed E-state index contributed by atoms with van der Waals surface area (Å²) in [5.74, 6) is -0.330. The normalized spacial score (nSPS) is 15.6. The third-order valence-corrected chi connectivity index (χ3v) is 3.92. The van der Waals surface area contributed by atoms with Crippen LogP contribution in [0.15, 0.2) is 18.2 Å². The second kappa shape index (κ2) is 6.02. The molecule has 4 nitrogen and oxygen atoms in total. The minimum atomic E-state index is -1.03. The van der Waals surface area contributed by atoms with Gasteiger partial charge in [0, 0.05) is 17.6 Å². The molecule has 0 spiro atoms. The van der Waals surface area contributed by atoms with E-state index in [9.17, 15) is 14.3 Å². The number of hydrogen-bond acceptors (Lipinski definition) is 2. The van der Waals surface area contributed by atoms with Gasteiger partial charge in [-0.15, -0.1) is 0 Å². The fourth-order valence-corrected chi connectivity index (χ4v) is 2.46. The lowest BCUT2D eigenvalue weighted by Gasteiger charge is -2.35. The van der Waals surface area contributed by atoms with Gasteiger partial charge in [0.2, 0.25) is 0 Å². The molecule has 0 saturated carbocycles. The van der Waals surface area contributed by atoms with E-state index in [1.807, 2.05) is 26.8 Å². The van der Waals surface area contributed by atoms with Crippen molar-refractivity contribution in [1.29, 1.82) is 0 Å². The Morgan fingerprint density at radius 2 is 2.05 bits per heavy atom. The summed E-state index contributed by atoms with van der Waals surface area (Å²) in [4.78, 5) is 15.0. The van der Waals surface area contributed by atoms with Crippen LogP contribution in [0.4, 0.5) is 9.18 Å². The van der Waals surface area contributed by atoms with E-state index >= 15 is 0 Å². The summed E-state index contributed by atoms with van der Waals surface area (Å²) in [5, 5.41) is 9.38. The molecule has 0 atom stereocenters. The predicted octanol–water partition coefficient (Wildman–Crippen LogP) is 3.31. The lowest BCUT2D eigenvalue weighted by Crippen LogP contribution is -2.44. The molecule has 1 N–H and O–H groups in total. The van der Waals surface area contributed by atoms with Crippen molar-refractivity contribution in [2.75, 3.05) is 13.1 Å². The van der Waals surface area contributed by atoms with E-state index < -0.39 is 11.6 Å². The minimum absolute atomic E-state index is 0.0781. The van der Waals surface area contributed by atoms with Gasteiger partial charge in [-0.3, -0.25) is 9.80 Å². The molecule has 5 heteroatoms. The van der Waals surface area contributed by atoms with Crippen LogP contribution in [-0.2, 0) is 13.1 Å². The standard InChI is InChI=1S/C16H23FN2O2/c1-16(2,3)19(15(20)21)11-13-12(6-4-7-14(13)17)10-18-8-5-9-18/h4,6-7H,5,8-11H2,1-3H3,(H,20,21). The van der Waals surface area contributed by atoms with Crippen molar-refractivity contribution in [2.24, 2.45) is 0 Å². The molecule has 0 aliphatic carbocycles. The molecule has 0 unspecified atom stereocenters. The van der Waals surface area contributed by atoms with E-state index in [1.54, 1.807) is 6.07 Å². The molecule has 2 rings (SSSR count). The summed E-state index contributed by atoms with van der Waals surface area (Å²) in [6, 6.07) is 4.98. The Morgan fingerprint density at radius 3 is 2.52 bits per heavy atom. The third-order valence-electron chi connectivity index (χ3n) is 3.92. The van der Waals surface area contributed by atoms with Gasteiger partial charge in [0.05, 0.1) is 6.54 Å². The molecule has 1 saturated heterocycles. The van der Waals surface area contributed by atoms with Crippen LogP contribution in [0.5, 0.6) is 0 Å². The number of nitrogens with zero attached hydrogens (tertiary/aromatic N) is 2. The zero-order valence-corrected chi connectivity index (χ0v) is 12.9. The summed E-state index contributed by atoms with van der Waals surface area (Å²) in [5.41, 5.74) is 0.800. The molecule has 1 aliphatic heterocycles. The van der Waals surface area contributed by atoms with Crippen molar-refractivity contribution in [3.05, 3.63) is 35.1 Å². The van der Waals surface area contributed by atoms with Crippen LogP contribution >= 0.6 is 0 Å². The highest BCUT2D eigenvalue weighted by Crippen LogP contribution is 2.24. The highest BCUT2D eigenvalue weighted by atomic mass is 19.1. The van der Waals surface area contributed by atoms with Crippen molar-refractivity contribution >= 4 is 6.09 Å². The van der Waals surface area contributed by atoms with Gasteiger partial charge in [-0.1, -0.05) is 12.1 Å². The zero-order valence-electron chi connectivity index (χ0n) is 12.9. The lowest BCUT2D eigenvalue weighted by atomic mass is 10.0. The first-order chi connectivity index (χ1) is 9.79. The highest BCUT2D eigenvalue weighted by molar-refractivity contribution is 5.66. The van der Waals surface area contributed by atoms with Crippen molar-refractivity contribution in [2.45, 2.75) is 45.8 Å². The molecule has 21 heavy (non-hydrogen) atoms. The van der Waals surface area contributed by atoms with Gasteiger partial charge in [0.1, 0.15) is 5.82 Å². The van der Waals surface area contributed by atoms with Crippen LogP contribution in [0.25, 0.3) is 0 Å². The minimum Gasteiger partial charge on any atom is -0.465 e. The van der Waals surface area contributed by atoms with Gasteiger partial charge in [0.25, 0.3) is 0 Å². The number of amides is 1. The number of halogens is 1. The van der Waals surface area contributed by atoms with E-state index in [4.69, 9.17) is 0 Å². The Hall–Kier alpha value is -1.62. The van der Waals surface area contributed by atoms with E-state index in [1.165, 1.54) is 17.4 Å². The predicted molar refractivity (Wildman–Crippen MR) is 79.6 cm³/mol. The summed E-state index contributed by atoms with van der Waals surface area (Å²) in [6.45, 7) is 8.26. The average molecular weight is 294 g/mol. The second-order valence-electron chi connectivity index (χ2n) is 6.55. The topological polar surface area (TPSA) is 43.8 Å². The SMILES string of the molecule is CC(C)(C)N(Cc1c(F)cccc1CN1CCC1)C(=O)O. The van der Waals surface area contributed by atoms with Gasteiger partial charge in [0.15, 0.2) is 0 Å². The van der Waals surface area contributed by atoms with E-state index in [0.29, 0.717) is 12.1 Å². The molecule has 1 amide bonds. The fraction of sp³-hybridized carbons (Fsp3) is 0.562. The Balaban J connectivity index is 2.26. The van der Waals surface area contributed by atoms with E-state index in [-0.39, 0.29) is 12.4 Å². The second-order valence-corrected chi connectivity index (χ2v) is 6.55. The summed E-state index contributed by atoms with van der Waals surface area (Å²) < 4.78 is 14.2. The van der Waals surface area contributed by atoms with Crippen LogP contribution in [-0.4, -0.2) is 39.6 Å². The molecule has 0 radical (unpaired) electrons. The monoisotopic (exact) mass is 294 g/mol.